The lowest BCUT2D eigenvalue weighted by Gasteiger charge is -2.13. The predicted molar refractivity (Wildman–Crippen MR) is 130 cm³/mol. The van der Waals surface area contributed by atoms with Crippen molar-refractivity contribution in [2.24, 2.45) is 0 Å². The van der Waals surface area contributed by atoms with Crippen LogP contribution < -0.4 is 4.72 Å². The average Bonchev–Trinajstić information content (AvgIpc) is 3.40. The van der Waals surface area contributed by atoms with E-state index in [1.54, 1.807) is 12.3 Å². The first-order valence-electron chi connectivity index (χ1n) is 10.2. The monoisotopic (exact) mass is 478 g/mol. The minimum Gasteiger partial charge on any atom is -0.480 e. The molecule has 0 spiro atoms. The number of carboxylic acid groups (broad SMARTS) is 1. The third kappa shape index (κ3) is 5.34. The summed E-state index contributed by atoms with van der Waals surface area (Å²) in [5, 5.41) is 10.6. The van der Waals surface area contributed by atoms with Crippen LogP contribution in [0.4, 0.5) is 0 Å². The summed E-state index contributed by atoms with van der Waals surface area (Å²) in [6.07, 6.45) is 1.74. The molecule has 0 aliphatic carbocycles. The van der Waals surface area contributed by atoms with Crippen molar-refractivity contribution in [1.82, 2.24) is 9.71 Å². The molecule has 2 heterocycles. The lowest BCUT2D eigenvalue weighted by Crippen LogP contribution is -2.41. The standard InChI is InChI=1S/C25H22N2O4S2/c1-16-3-6-18(7-4-16)8-9-20-10-12-24(32-20)33(30,31)27-23(25(28)29)14-19-15-26-22-11-5-17(2)13-21(19)22/h3-7,10-13,15,23,26-27H,14H2,1-2H3,(H,28,29). The summed E-state index contributed by atoms with van der Waals surface area (Å²) in [5.41, 5.74) is 4.61. The molecular weight excluding hydrogens is 456 g/mol. The molecule has 1 atom stereocenters. The van der Waals surface area contributed by atoms with E-state index in [0.717, 1.165) is 44.5 Å². The number of carboxylic acids is 1. The second kappa shape index (κ2) is 9.24. The van der Waals surface area contributed by atoms with Gasteiger partial charge in [0, 0.05) is 29.1 Å². The van der Waals surface area contributed by atoms with Gasteiger partial charge >= 0.3 is 5.97 Å². The number of aromatic nitrogens is 1. The molecule has 4 aromatic rings. The lowest BCUT2D eigenvalue weighted by atomic mass is 10.0. The van der Waals surface area contributed by atoms with Gasteiger partial charge in [0.05, 0.1) is 4.88 Å². The Morgan fingerprint density at radius 2 is 1.79 bits per heavy atom. The quantitative estimate of drug-likeness (QED) is 0.361. The molecule has 1 unspecified atom stereocenters. The summed E-state index contributed by atoms with van der Waals surface area (Å²) < 4.78 is 28.2. The molecule has 0 radical (unpaired) electrons. The molecule has 0 saturated carbocycles. The SMILES string of the molecule is Cc1ccc(C#Cc2ccc(S(=O)(=O)NC(Cc3c[nH]c4ccc(C)cc34)C(=O)O)s2)cc1. The van der Waals surface area contributed by atoms with Crippen LogP contribution in [-0.4, -0.2) is 30.5 Å². The number of sulfonamides is 1. The molecule has 3 N–H and O–H groups in total. The van der Waals surface area contributed by atoms with Gasteiger partial charge in [-0.25, -0.2) is 8.42 Å². The molecule has 0 bridgehead atoms. The van der Waals surface area contributed by atoms with Crippen molar-refractivity contribution >= 4 is 38.2 Å². The van der Waals surface area contributed by atoms with Gasteiger partial charge in [0.15, 0.2) is 0 Å². The van der Waals surface area contributed by atoms with Gasteiger partial charge in [-0.2, -0.15) is 4.72 Å². The molecule has 6 nitrogen and oxygen atoms in total. The Hall–Kier alpha value is -3.38. The maximum atomic E-state index is 12.9. The maximum Gasteiger partial charge on any atom is 0.322 e. The molecule has 4 rings (SSSR count). The number of aliphatic carboxylic acids is 1. The van der Waals surface area contributed by atoms with E-state index in [1.165, 1.54) is 6.07 Å². The van der Waals surface area contributed by atoms with Gasteiger partial charge in [-0.1, -0.05) is 41.2 Å². The van der Waals surface area contributed by atoms with Crippen LogP contribution in [0.25, 0.3) is 10.9 Å². The molecule has 0 aliphatic rings. The highest BCUT2D eigenvalue weighted by Crippen LogP contribution is 2.24. The van der Waals surface area contributed by atoms with Gasteiger partial charge < -0.3 is 10.1 Å². The largest absolute Gasteiger partial charge is 0.480 e. The molecule has 0 fully saturated rings. The number of H-pyrrole nitrogens is 1. The Kier molecular flexibility index (Phi) is 6.38. The summed E-state index contributed by atoms with van der Waals surface area (Å²) in [7, 11) is -4.03. The van der Waals surface area contributed by atoms with Crippen LogP contribution in [0.2, 0.25) is 0 Å². The number of fused-ring (bicyclic) bond motifs is 1. The van der Waals surface area contributed by atoms with Gasteiger partial charge in [-0.3, -0.25) is 4.79 Å². The number of carbonyl (C=O) groups is 1. The van der Waals surface area contributed by atoms with E-state index in [4.69, 9.17) is 0 Å². The van der Waals surface area contributed by atoms with Crippen LogP contribution in [0.15, 0.2) is 65.0 Å². The van der Waals surface area contributed by atoms with E-state index in [2.05, 4.69) is 21.5 Å². The van der Waals surface area contributed by atoms with E-state index < -0.39 is 22.0 Å². The zero-order valence-electron chi connectivity index (χ0n) is 18.0. The molecule has 8 heteroatoms. The number of aromatic amines is 1. The van der Waals surface area contributed by atoms with Crippen LogP contribution >= 0.6 is 11.3 Å². The molecule has 168 valence electrons. The van der Waals surface area contributed by atoms with E-state index >= 15 is 0 Å². The van der Waals surface area contributed by atoms with E-state index in [-0.39, 0.29) is 10.6 Å². The number of nitrogens with one attached hydrogen (secondary N) is 2. The van der Waals surface area contributed by atoms with Crippen LogP contribution in [0, 0.1) is 25.7 Å². The first-order chi connectivity index (χ1) is 15.7. The van der Waals surface area contributed by atoms with Crippen molar-refractivity contribution in [3.63, 3.8) is 0 Å². The molecule has 0 amide bonds. The van der Waals surface area contributed by atoms with E-state index in [9.17, 15) is 18.3 Å². The fraction of sp³-hybridized carbons (Fsp3) is 0.160. The first kappa shape index (κ1) is 22.8. The van der Waals surface area contributed by atoms with Gasteiger partial charge in [-0.05, 0) is 55.8 Å². The van der Waals surface area contributed by atoms with Crippen LogP contribution in [0.3, 0.4) is 0 Å². The Balaban J connectivity index is 1.53. The number of benzene rings is 2. The molecule has 2 aromatic heterocycles. The van der Waals surface area contributed by atoms with Gasteiger partial charge in [-0.15, -0.1) is 11.3 Å². The van der Waals surface area contributed by atoms with Crippen LogP contribution in [0.5, 0.6) is 0 Å². The summed E-state index contributed by atoms with van der Waals surface area (Å²) in [6.45, 7) is 3.94. The second-order valence-electron chi connectivity index (χ2n) is 7.81. The summed E-state index contributed by atoms with van der Waals surface area (Å²) in [5.74, 6) is 4.74. The first-order valence-corrected chi connectivity index (χ1v) is 12.5. The van der Waals surface area contributed by atoms with Crippen LogP contribution in [0.1, 0.15) is 27.1 Å². The Labute approximate surface area is 196 Å². The Morgan fingerprint density at radius 3 is 2.52 bits per heavy atom. The number of aryl methyl sites for hydroxylation is 2. The van der Waals surface area contributed by atoms with Crippen LogP contribution in [-0.2, 0) is 21.2 Å². The maximum absolute atomic E-state index is 12.9. The molecule has 2 aromatic carbocycles. The summed E-state index contributed by atoms with van der Waals surface area (Å²) in [4.78, 5) is 15.6. The normalized spacial score (nSPS) is 12.3. The number of hydrogen-bond acceptors (Lipinski definition) is 4. The van der Waals surface area contributed by atoms with Gasteiger partial charge in [0.25, 0.3) is 10.0 Å². The topological polar surface area (TPSA) is 99.3 Å². The average molecular weight is 479 g/mol. The molecule has 0 aliphatic heterocycles. The number of hydrogen-bond donors (Lipinski definition) is 3. The van der Waals surface area contributed by atoms with Crippen molar-refractivity contribution < 1.29 is 18.3 Å². The molecule has 0 saturated heterocycles. The van der Waals surface area contributed by atoms with Gasteiger partial charge in [0.2, 0.25) is 0 Å². The van der Waals surface area contributed by atoms with Crippen molar-refractivity contribution in [1.29, 1.82) is 0 Å². The summed E-state index contributed by atoms with van der Waals surface area (Å²) >= 11 is 1.01. The van der Waals surface area contributed by atoms with E-state index in [1.807, 2.05) is 56.3 Å². The smallest absolute Gasteiger partial charge is 0.322 e. The third-order valence-electron chi connectivity index (χ3n) is 5.17. The van der Waals surface area contributed by atoms with Crippen molar-refractivity contribution in [2.45, 2.75) is 30.5 Å². The van der Waals surface area contributed by atoms with Gasteiger partial charge in [0.1, 0.15) is 10.3 Å². The fourth-order valence-electron chi connectivity index (χ4n) is 3.41. The highest BCUT2D eigenvalue weighted by atomic mass is 32.2. The Bertz CT molecular complexity index is 1490. The highest BCUT2D eigenvalue weighted by molar-refractivity contribution is 7.91. The molecular formula is C25H22N2O4S2. The zero-order chi connectivity index (χ0) is 23.6. The minimum atomic E-state index is -4.03. The Morgan fingerprint density at radius 1 is 1.06 bits per heavy atom. The second-order valence-corrected chi connectivity index (χ2v) is 10.8. The number of thiophene rings is 1. The lowest BCUT2D eigenvalue weighted by molar-refractivity contribution is -0.138. The number of rotatable bonds is 6. The molecule has 33 heavy (non-hydrogen) atoms. The van der Waals surface area contributed by atoms with Crippen molar-refractivity contribution in [2.75, 3.05) is 0 Å². The minimum absolute atomic E-state index is 0.0173. The van der Waals surface area contributed by atoms with Crippen molar-refractivity contribution in [3.8, 4) is 11.8 Å². The van der Waals surface area contributed by atoms with E-state index in [0.29, 0.717) is 4.88 Å². The van der Waals surface area contributed by atoms with Crippen molar-refractivity contribution in [3.05, 3.63) is 87.9 Å². The summed E-state index contributed by atoms with van der Waals surface area (Å²) in [6, 6.07) is 15.3. The zero-order valence-corrected chi connectivity index (χ0v) is 19.7. The predicted octanol–water partition coefficient (Wildman–Crippen LogP) is 4.22. The third-order valence-corrected chi connectivity index (χ3v) is 8.13. The highest BCUT2D eigenvalue weighted by Gasteiger charge is 2.27. The fourth-order valence-corrected chi connectivity index (χ4v) is 5.77.